The molecule has 0 aliphatic heterocycles. The van der Waals surface area contributed by atoms with Crippen LogP contribution in [-0.4, -0.2) is 11.0 Å². The van der Waals surface area contributed by atoms with E-state index in [0.717, 1.165) is 5.56 Å². The predicted molar refractivity (Wildman–Crippen MR) is 78.6 cm³/mol. The van der Waals surface area contributed by atoms with Gasteiger partial charge in [-0.25, -0.2) is 4.79 Å². The van der Waals surface area contributed by atoms with Gasteiger partial charge in [-0.2, -0.15) is 0 Å². The Bertz CT molecular complexity index is 588. The van der Waals surface area contributed by atoms with Gasteiger partial charge in [0.05, 0.1) is 0 Å². The van der Waals surface area contributed by atoms with Gasteiger partial charge in [-0.05, 0) is 23.6 Å². The van der Waals surface area contributed by atoms with E-state index in [1.807, 2.05) is 12.1 Å². The van der Waals surface area contributed by atoms with Gasteiger partial charge in [-0.1, -0.05) is 50.2 Å². The van der Waals surface area contributed by atoms with E-state index in [2.05, 4.69) is 26.0 Å². The lowest BCUT2D eigenvalue weighted by Crippen LogP contribution is -2.86. The minimum Gasteiger partial charge on any atom is -0.507 e. The third-order valence-electron chi connectivity index (χ3n) is 3.34. The summed E-state index contributed by atoms with van der Waals surface area (Å²) in [5, 5.41) is 11.2. The van der Waals surface area contributed by atoms with Gasteiger partial charge in [0.2, 0.25) is 0 Å². The second kappa shape index (κ2) is 6.35. The second-order valence-electron chi connectivity index (χ2n) is 5.19. The minimum atomic E-state index is -0.143. The lowest BCUT2D eigenvalue weighted by Gasteiger charge is -2.06. The van der Waals surface area contributed by atoms with Crippen molar-refractivity contribution < 1.29 is 15.2 Å². The van der Waals surface area contributed by atoms with Crippen LogP contribution in [0.3, 0.4) is 0 Å². The Morgan fingerprint density at radius 1 is 1.10 bits per heavy atom. The van der Waals surface area contributed by atoms with Crippen LogP contribution >= 0.6 is 0 Å². The van der Waals surface area contributed by atoms with Crippen LogP contribution in [-0.2, 0) is 6.54 Å². The summed E-state index contributed by atoms with van der Waals surface area (Å²) < 4.78 is 0. The number of primary amides is 1. The number of nitrogens with two attached hydrogens (primary N) is 1. The van der Waals surface area contributed by atoms with Crippen molar-refractivity contribution in [3.05, 3.63) is 65.2 Å². The maximum absolute atomic E-state index is 12.0. The monoisotopic (exact) mass is 270 g/mol. The number of carbonyl (C=O) groups is 1. The van der Waals surface area contributed by atoms with Gasteiger partial charge in [0.25, 0.3) is 0 Å². The third-order valence-corrected chi connectivity index (χ3v) is 3.34. The summed E-state index contributed by atoms with van der Waals surface area (Å²) in [6, 6.07) is 14.9. The number of para-hydroxylation sites is 1. The van der Waals surface area contributed by atoms with Gasteiger partial charge in [0.1, 0.15) is 17.9 Å². The SMILES string of the molecule is CC(C)c1ccc(C[NH2+]C(=O)c2ccccc2O)cc1. The summed E-state index contributed by atoms with van der Waals surface area (Å²) in [6.45, 7) is 4.89. The minimum absolute atomic E-state index is 0.0314. The predicted octanol–water partition coefficient (Wildman–Crippen LogP) is 2.42. The molecule has 2 aromatic carbocycles. The fraction of sp³-hybridized carbons (Fsp3) is 0.235. The molecule has 2 rings (SSSR count). The van der Waals surface area contributed by atoms with Crippen LogP contribution in [0, 0.1) is 0 Å². The number of hydrogen-bond donors (Lipinski definition) is 2. The summed E-state index contributed by atoms with van der Waals surface area (Å²) in [5.74, 6) is 0.399. The van der Waals surface area contributed by atoms with E-state index < -0.39 is 0 Å². The van der Waals surface area contributed by atoms with E-state index in [1.54, 1.807) is 23.5 Å². The maximum Gasteiger partial charge on any atom is 0.346 e. The molecule has 0 atom stereocenters. The van der Waals surface area contributed by atoms with Crippen molar-refractivity contribution in [2.45, 2.75) is 26.3 Å². The summed E-state index contributed by atoms with van der Waals surface area (Å²) in [6.07, 6.45) is 0. The van der Waals surface area contributed by atoms with Crippen molar-refractivity contribution in [1.29, 1.82) is 0 Å². The Balaban J connectivity index is 1.98. The van der Waals surface area contributed by atoms with Gasteiger partial charge in [0, 0.05) is 5.56 Å². The number of phenols is 1. The molecule has 0 aliphatic rings. The molecule has 0 spiro atoms. The van der Waals surface area contributed by atoms with Crippen molar-refractivity contribution in [3.8, 4) is 5.75 Å². The molecule has 0 saturated heterocycles. The Kier molecular flexibility index (Phi) is 4.53. The number of aromatic hydroxyl groups is 1. The molecule has 0 radical (unpaired) electrons. The van der Waals surface area contributed by atoms with Gasteiger partial charge in [0.15, 0.2) is 0 Å². The molecule has 0 aliphatic carbocycles. The normalized spacial score (nSPS) is 10.8. The number of benzene rings is 2. The third kappa shape index (κ3) is 3.45. The highest BCUT2D eigenvalue weighted by atomic mass is 16.3. The molecule has 3 heteroatoms. The van der Waals surface area contributed by atoms with Crippen molar-refractivity contribution in [2.75, 3.05) is 0 Å². The Morgan fingerprint density at radius 2 is 1.75 bits per heavy atom. The van der Waals surface area contributed by atoms with E-state index in [0.29, 0.717) is 18.0 Å². The van der Waals surface area contributed by atoms with Crippen molar-refractivity contribution in [1.82, 2.24) is 0 Å². The lowest BCUT2D eigenvalue weighted by atomic mass is 10.0. The smallest absolute Gasteiger partial charge is 0.346 e. The molecule has 0 bridgehead atoms. The molecule has 20 heavy (non-hydrogen) atoms. The average molecular weight is 270 g/mol. The average Bonchev–Trinajstić information content (AvgIpc) is 2.45. The highest BCUT2D eigenvalue weighted by molar-refractivity contribution is 5.89. The lowest BCUT2D eigenvalue weighted by molar-refractivity contribution is -0.571. The summed E-state index contributed by atoms with van der Waals surface area (Å²) in [4.78, 5) is 12.0. The largest absolute Gasteiger partial charge is 0.507 e. The van der Waals surface area contributed by atoms with E-state index >= 15 is 0 Å². The topological polar surface area (TPSA) is 53.9 Å². The molecular formula is C17H20NO2+. The molecule has 1 amide bonds. The Hall–Kier alpha value is -2.13. The van der Waals surface area contributed by atoms with Crippen molar-refractivity contribution in [2.24, 2.45) is 0 Å². The van der Waals surface area contributed by atoms with Crippen LogP contribution in [0.15, 0.2) is 48.5 Å². The first-order valence-electron chi connectivity index (χ1n) is 6.82. The second-order valence-corrected chi connectivity index (χ2v) is 5.19. The molecule has 104 valence electrons. The quantitative estimate of drug-likeness (QED) is 0.896. The molecule has 0 saturated carbocycles. The highest BCUT2D eigenvalue weighted by Crippen LogP contribution is 2.15. The zero-order valence-electron chi connectivity index (χ0n) is 11.8. The molecule has 0 fully saturated rings. The number of rotatable bonds is 4. The van der Waals surface area contributed by atoms with E-state index in [1.165, 1.54) is 11.6 Å². The number of hydrogen-bond acceptors (Lipinski definition) is 2. The van der Waals surface area contributed by atoms with Crippen LogP contribution < -0.4 is 5.32 Å². The first-order chi connectivity index (χ1) is 9.58. The zero-order chi connectivity index (χ0) is 14.5. The van der Waals surface area contributed by atoms with Crippen LogP contribution in [0.25, 0.3) is 0 Å². The van der Waals surface area contributed by atoms with E-state index in [-0.39, 0.29) is 11.7 Å². The maximum atomic E-state index is 12.0. The number of amides is 1. The van der Waals surface area contributed by atoms with Crippen molar-refractivity contribution >= 4 is 5.91 Å². The van der Waals surface area contributed by atoms with Crippen LogP contribution in [0.4, 0.5) is 0 Å². The Labute approximate surface area is 119 Å². The molecule has 3 N–H and O–H groups in total. The summed E-state index contributed by atoms with van der Waals surface area (Å²) >= 11 is 0. The van der Waals surface area contributed by atoms with Crippen LogP contribution in [0.5, 0.6) is 5.75 Å². The van der Waals surface area contributed by atoms with Crippen molar-refractivity contribution in [3.63, 3.8) is 0 Å². The fourth-order valence-electron chi connectivity index (χ4n) is 2.04. The zero-order valence-corrected chi connectivity index (χ0v) is 11.8. The summed E-state index contributed by atoms with van der Waals surface area (Å²) in [5.41, 5.74) is 2.74. The van der Waals surface area contributed by atoms with Crippen LogP contribution in [0.2, 0.25) is 0 Å². The van der Waals surface area contributed by atoms with E-state index in [4.69, 9.17) is 0 Å². The highest BCUT2D eigenvalue weighted by Gasteiger charge is 2.14. The molecule has 0 aromatic heterocycles. The van der Waals surface area contributed by atoms with Gasteiger partial charge >= 0.3 is 5.91 Å². The molecule has 2 aromatic rings. The first-order valence-corrected chi connectivity index (χ1v) is 6.82. The first kappa shape index (κ1) is 14.3. The fourth-order valence-corrected chi connectivity index (χ4v) is 2.04. The van der Waals surface area contributed by atoms with Crippen LogP contribution in [0.1, 0.15) is 41.3 Å². The Morgan fingerprint density at radius 3 is 2.35 bits per heavy atom. The summed E-state index contributed by atoms with van der Waals surface area (Å²) in [7, 11) is 0. The van der Waals surface area contributed by atoms with Gasteiger partial charge in [-0.3, -0.25) is 5.32 Å². The molecule has 3 nitrogen and oxygen atoms in total. The number of quaternary nitrogens is 1. The molecular weight excluding hydrogens is 250 g/mol. The van der Waals surface area contributed by atoms with Gasteiger partial charge < -0.3 is 5.11 Å². The number of carbonyl (C=O) groups excluding carboxylic acids is 1. The molecule has 0 unspecified atom stereocenters. The standard InChI is InChI=1S/C17H19NO2/c1-12(2)14-9-7-13(8-10-14)11-18-17(20)15-5-3-4-6-16(15)19/h3-10,12,19H,11H2,1-2H3,(H,18,20)/p+1. The van der Waals surface area contributed by atoms with Gasteiger partial charge in [-0.15, -0.1) is 0 Å². The molecule has 0 heterocycles. The van der Waals surface area contributed by atoms with E-state index in [9.17, 15) is 9.90 Å².